The number of carboxylic acids is 1. The molecule has 0 unspecified atom stereocenters. The Balaban J connectivity index is 3.28. The monoisotopic (exact) mass is 127 g/mol. The van der Waals surface area contributed by atoms with Crippen molar-refractivity contribution in [3.63, 3.8) is 0 Å². The molecule has 2 radical (unpaired) electrons. The normalized spacial score (nSPS) is 8.44. The summed E-state index contributed by atoms with van der Waals surface area (Å²) in [4.78, 5) is 19.7. The molecule has 0 bridgehead atoms. The summed E-state index contributed by atoms with van der Waals surface area (Å²) < 4.78 is 4.03. The van der Waals surface area contributed by atoms with Crippen LogP contribution in [0.1, 0.15) is 0 Å². The van der Waals surface area contributed by atoms with E-state index in [1.54, 1.807) is 0 Å². The van der Waals surface area contributed by atoms with Gasteiger partial charge in [-0.1, -0.05) is 0 Å². The second-order valence-electron chi connectivity index (χ2n) is 1.24. The minimum absolute atomic E-state index is 0.312. The first kappa shape index (κ1) is 8.00. The summed E-state index contributed by atoms with van der Waals surface area (Å²) in [6.07, 6.45) is -0.312. The van der Waals surface area contributed by atoms with E-state index in [1.165, 1.54) is 0 Å². The summed E-state index contributed by atoms with van der Waals surface area (Å²) in [7, 11) is 4.77. The molecule has 0 fully saturated rings. The van der Waals surface area contributed by atoms with Crippen molar-refractivity contribution in [2.24, 2.45) is 0 Å². The minimum Gasteiger partial charge on any atom is -0.546 e. The van der Waals surface area contributed by atoms with Crippen LogP contribution >= 0.6 is 0 Å². The zero-order chi connectivity index (χ0) is 7.28. The van der Waals surface area contributed by atoms with E-state index in [0.717, 1.165) is 0 Å². The van der Waals surface area contributed by atoms with E-state index in [1.807, 2.05) is 0 Å². The van der Waals surface area contributed by atoms with Crippen LogP contribution in [0.15, 0.2) is 0 Å². The number of aliphatic carboxylic acids is 1. The van der Waals surface area contributed by atoms with Crippen LogP contribution in [-0.2, 0) is 14.3 Å². The molecule has 0 aromatic heterocycles. The molecule has 0 aromatic rings. The Kier molecular flexibility index (Phi) is 3.51. The number of ether oxygens (including phenoxy) is 1. The van der Waals surface area contributed by atoms with Gasteiger partial charge in [0.2, 0.25) is 0 Å². The molecule has 0 spiro atoms. The van der Waals surface area contributed by atoms with Crippen LogP contribution in [0.25, 0.3) is 0 Å². The SMILES string of the molecule is [B]CC(=O)OCC(=O)[O-]. The van der Waals surface area contributed by atoms with Crippen molar-refractivity contribution in [1.29, 1.82) is 0 Å². The minimum atomic E-state index is -1.43. The fourth-order valence-electron chi connectivity index (χ4n) is 0.198. The first-order valence-corrected chi connectivity index (χ1v) is 2.22. The van der Waals surface area contributed by atoms with Crippen molar-refractivity contribution in [3.8, 4) is 0 Å². The van der Waals surface area contributed by atoms with Crippen molar-refractivity contribution in [2.75, 3.05) is 6.61 Å². The highest BCUT2D eigenvalue weighted by molar-refractivity contribution is 6.18. The van der Waals surface area contributed by atoms with Gasteiger partial charge in [-0.3, -0.25) is 4.79 Å². The lowest BCUT2D eigenvalue weighted by Gasteiger charge is -2.01. The Morgan fingerprint density at radius 1 is 1.56 bits per heavy atom. The predicted molar refractivity (Wildman–Crippen MR) is 26.5 cm³/mol. The maximum Gasteiger partial charge on any atom is 0.297 e. The molecule has 9 heavy (non-hydrogen) atoms. The highest BCUT2D eigenvalue weighted by Gasteiger charge is 1.95. The van der Waals surface area contributed by atoms with Crippen LogP contribution < -0.4 is 5.11 Å². The molecule has 0 aliphatic heterocycles. The van der Waals surface area contributed by atoms with Gasteiger partial charge in [-0.15, -0.1) is 0 Å². The van der Waals surface area contributed by atoms with E-state index in [9.17, 15) is 14.7 Å². The summed E-state index contributed by atoms with van der Waals surface area (Å²) in [5.74, 6) is -2.18. The van der Waals surface area contributed by atoms with Gasteiger partial charge in [0.15, 0.2) is 0 Å². The Morgan fingerprint density at radius 3 is 2.44 bits per heavy atom. The summed E-state index contributed by atoms with van der Waals surface area (Å²) >= 11 is 0. The molecule has 0 aliphatic carbocycles. The molecule has 0 atom stereocenters. The molecule has 0 aromatic carbocycles. The molecule has 0 saturated carbocycles. The van der Waals surface area contributed by atoms with Gasteiger partial charge in [0.1, 0.15) is 6.61 Å². The van der Waals surface area contributed by atoms with Crippen LogP contribution in [0.3, 0.4) is 0 Å². The highest BCUT2D eigenvalue weighted by Crippen LogP contribution is 1.79. The summed E-state index contributed by atoms with van der Waals surface area (Å²) in [5.41, 5.74) is 0. The van der Waals surface area contributed by atoms with Gasteiger partial charge in [-0.2, -0.15) is 0 Å². The van der Waals surface area contributed by atoms with Gasteiger partial charge in [0, 0.05) is 6.32 Å². The molecule has 0 saturated heterocycles. The van der Waals surface area contributed by atoms with Gasteiger partial charge in [-0.25, -0.2) is 0 Å². The van der Waals surface area contributed by atoms with Crippen molar-refractivity contribution < 1.29 is 19.4 Å². The lowest BCUT2D eigenvalue weighted by molar-refractivity contribution is -0.308. The maximum atomic E-state index is 10.1. The van der Waals surface area contributed by atoms with Crippen LogP contribution in [0.4, 0.5) is 0 Å². The third-order valence-corrected chi connectivity index (χ3v) is 0.518. The quantitative estimate of drug-likeness (QED) is 0.320. The largest absolute Gasteiger partial charge is 0.546 e. The van der Waals surface area contributed by atoms with Crippen molar-refractivity contribution in [2.45, 2.75) is 6.32 Å². The Labute approximate surface area is 53.2 Å². The number of hydrogen-bond donors (Lipinski definition) is 0. The van der Waals surface area contributed by atoms with E-state index in [-0.39, 0.29) is 6.32 Å². The molecule has 48 valence electrons. The third kappa shape index (κ3) is 4.87. The number of hydrogen-bond acceptors (Lipinski definition) is 4. The van der Waals surface area contributed by atoms with Crippen molar-refractivity contribution in [3.05, 3.63) is 0 Å². The van der Waals surface area contributed by atoms with Crippen molar-refractivity contribution >= 4 is 19.8 Å². The smallest absolute Gasteiger partial charge is 0.297 e. The van der Waals surface area contributed by atoms with Crippen LogP contribution in [0, 0.1) is 0 Å². The van der Waals surface area contributed by atoms with Crippen molar-refractivity contribution in [1.82, 2.24) is 0 Å². The van der Waals surface area contributed by atoms with E-state index in [2.05, 4.69) is 4.74 Å². The van der Waals surface area contributed by atoms with Gasteiger partial charge < -0.3 is 14.6 Å². The van der Waals surface area contributed by atoms with Crippen LogP contribution in [0.5, 0.6) is 0 Å². The maximum absolute atomic E-state index is 10.1. The lowest BCUT2D eigenvalue weighted by Crippen LogP contribution is -2.28. The number of carbonyl (C=O) groups excluding carboxylic acids is 2. The van der Waals surface area contributed by atoms with Gasteiger partial charge in [-0.05, 0) is 0 Å². The lowest BCUT2D eigenvalue weighted by atomic mass is 10.1. The fraction of sp³-hybridized carbons (Fsp3) is 0.500. The molecular weight excluding hydrogens is 123 g/mol. The Bertz CT molecular complexity index is 122. The summed E-state index contributed by atoms with van der Waals surface area (Å²) in [6.45, 7) is -0.726. The fourth-order valence-corrected chi connectivity index (χ4v) is 0.198. The first-order valence-electron chi connectivity index (χ1n) is 2.22. The molecule has 4 nitrogen and oxygen atoms in total. The first-order chi connectivity index (χ1) is 4.16. The molecule has 0 heterocycles. The average Bonchev–Trinajstić information content (AvgIpc) is 1.83. The number of rotatable bonds is 3. The zero-order valence-electron chi connectivity index (χ0n) is 4.62. The molecule has 0 N–H and O–H groups in total. The molecular formula is C4H4BO4-. The van der Waals surface area contributed by atoms with Gasteiger partial charge >= 0.3 is 0 Å². The standard InChI is InChI=1S/C4H5BO4/c5-1-4(8)9-2-3(6)7/h1-2H2,(H,6,7)/p-1. The average molecular weight is 127 g/mol. The van der Waals surface area contributed by atoms with E-state index < -0.39 is 18.5 Å². The van der Waals surface area contributed by atoms with Crippen LogP contribution in [-0.4, -0.2) is 26.4 Å². The second kappa shape index (κ2) is 3.94. The van der Waals surface area contributed by atoms with Gasteiger partial charge in [0.05, 0.1) is 13.8 Å². The Morgan fingerprint density at radius 2 is 2.11 bits per heavy atom. The van der Waals surface area contributed by atoms with Crippen LogP contribution in [0.2, 0.25) is 6.32 Å². The topological polar surface area (TPSA) is 66.4 Å². The highest BCUT2D eigenvalue weighted by atomic mass is 16.5. The van der Waals surface area contributed by atoms with E-state index in [4.69, 9.17) is 7.85 Å². The zero-order valence-corrected chi connectivity index (χ0v) is 4.62. The predicted octanol–water partition coefficient (Wildman–Crippen LogP) is -2.13. The molecule has 0 rings (SSSR count). The molecule has 0 aliphatic rings. The molecule has 5 heteroatoms. The summed E-state index contributed by atoms with van der Waals surface area (Å²) in [5, 5.41) is 9.59. The summed E-state index contributed by atoms with van der Waals surface area (Å²) in [6, 6.07) is 0. The number of esters is 1. The van der Waals surface area contributed by atoms with Gasteiger partial charge in [0.25, 0.3) is 5.97 Å². The Hall–Kier alpha value is -0.995. The van der Waals surface area contributed by atoms with E-state index >= 15 is 0 Å². The second-order valence-corrected chi connectivity index (χ2v) is 1.24. The molecule has 0 amide bonds. The number of carboxylic acid groups (broad SMARTS) is 1. The number of carbonyl (C=O) groups is 2. The van der Waals surface area contributed by atoms with E-state index in [0.29, 0.717) is 0 Å². The third-order valence-electron chi connectivity index (χ3n) is 0.518.